The number of nitrogens with one attached hydrogen (secondary N) is 1. The van der Waals surface area contributed by atoms with E-state index in [1.54, 1.807) is 0 Å². The van der Waals surface area contributed by atoms with Crippen LogP contribution in [0.5, 0.6) is 0 Å². The van der Waals surface area contributed by atoms with Gasteiger partial charge in [-0.15, -0.1) is 0 Å². The van der Waals surface area contributed by atoms with Crippen LogP contribution in [0.25, 0.3) is 10.9 Å². The van der Waals surface area contributed by atoms with E-state index in [0.717, 1.165) is 48.2 Å². The van der Waals surface area contributed by atoms with Crippen LogP contribution in [0.3, 0.4) is 0 Å². The summed E-state index contributed by atoms with van der Waals surface area (Å²) in [5.41, 5.74) is 6.58. The van der Waals surface area contributed by atoms with E-state index >= 15 is 0 Å². The standard InChI is InChI=1S/C19H19N3O/c1-12-13(2)20-18-17(12)9-16(11-23)21-19(18)22-8-7-14-5-3-4-6-15(14)10-22/h3-6,9,11,20H,7-8,10H2,1-2H3. The lowest BCUT2D eigenvalue weighted by Gasteiger charge is -2.30. The van der Waals surface area contributed by atoms with Crippen LogP contribution in [0.1, 0.15) is 32.9 Å². The predicted molar refractivity (Wildman–Crippen MR) is 92.2 cm³/mol. The molecule has 1 N–H and O–H groups in total. The van der Waals surface area contributed by atoms with E-state index in [4.69, 9.17) is 0 Å². The van der Waals surface area contributed by atoms with E-state index in [2.05, 4.69) is 53.0 Å². The number of hydrogen-bond donors (Lipinski definition) is 1. The van der Waals surface area contributed by atoms with Gasteiger partial charge in [0.1, 0.15) is 5.69 Å². The number of benzene rings is 1. The van der Waals surface area contributed by atoms with Crippen LogP contribution >= 0.6 is 0 Å². The molecule has 0 saturated carbocycles. The van der Waals surface area contributed by atoms with E-state index in [1.807, 2.05) is 6.07 Å². The number of nitrogens with zero attached hydrogens (tertiary/aromatic N) is 2. The van der Waals surface area contributed by atoms with Crippen LogP contribution < -0.4 is 4.90 Å². The molecule has 1 aliphatic rings. The Labute approximate surface area is 135 Å². The van der Waals surface area contributed by atoms with Gasteiger partial charge in [0.05, 0.1) is 5.52 Å². The zero-order valence-electron chi connectivity index (χ0n) is 13.4. The van der Waals surface area contributed by atoms with Crippen molar-refractivity contribution >= 4 is 23.0 Å². The SMILES string of the molecule is Cc1[nH]c2c(N3CCc4ccccc4C3)nc(C=O)cc2c1C. The molecule has 0 spiro atoms. The minimum Gasteiger partial charge on any atom is -0.355 e. The number of carbonyl (C=O) groups is 1. The monoisotopic (exact) mass is 305 g/mol. The summed E-state index contributed by atoms with van der Waals surface area (Å²) in [7, 11) is 0. The summed E-state index contributed by atoms with van der Waals surface area (Å²) in [6, 6.07) is 10.4. The second kappa shape index (κ2) is 5.23. The fourth-order valence-electron chi connectivity index (χ4n) is 3.42. The molecule has 4 rings (SSSR count). The largest absolute Gasteiger partial charge is 0.355 e. The Hall–Kier alpha value is -2.62. The van der Waals surface area contributed by atoms with E-state index in [9.17, 15) is 4.79 Å². The second-order valence-electron chi connectivity index (χ2n) is 6.23. The van der Waals surface area contributed by atoms with Gasteiger partial charge in [-0.05, 0) is 43.0 Å². The van der Waals surface area contributed by atoms with Crippen molar-refractivity contribution in [3.8, 4) is 0 Å². The normalized spacial score (nSPS) is 14.1. The van der Waals surface area contributed by atoms with Crippen molar-refractivity contribution in [3.63, 3.8) is 0 Å². The zero-order valence-corrected chi connectivity index (χ0v) is 13.4. The molecule has 3 aromatic rings. The van der Waals surface area contributed by atoms with Gasteiger partial charge in [0, 0.05) is 24.2 Å². The van der Waals surface area contributed by atoms with Gasteiger partial charge < -0.3 is 9.88 Å². The highest BCUT2D eigenvalue weighted by molar-refractivity contribution is 5.96. The van der Waals surface area contributed by atoms with Crippen molar-refractivity contribution < 1.29 is 4.79 Å². The fraction of sp³-hybridized carbons (Fsp3) is 0.263. The number of carbonyl (C=O) groups excluding carboxylic acids is 1. The lowest BCUT2D eigenvalue weighted by molar-refractivity contribution is 0.111. The molecule has 1 aliphatic heterocycles. The number of anilines is 1. The Morgan fingerprint density at radius 2 is 2.00 bits per heavy atom. The number of hydrogen-bond acceptors (Lipinski definition) is 3. The van der Waals surface area contributed by atoms with Crippen LogP contribution in [0, 0.1) is 13.8 Å². The lowest BCUT2D eigenvalue weighted by Crippen LogP contribution is -2.31. The quantitative estimate of drug-likeness (QED) is 0.737. The number of aryl methyl sites for hydroxylation is 2. The highest BCUT2D eigenvalue weighted by atomic mass is 16.1. The molecule has 4 nitrogen and oxygen atoms in total. The lowest BCUT2D eigenvalue weighted by atomic mass is 10.00. The molecule has 4 heteroatoms. The van der Waals surface area contributed by atoms with Crippen molar-refractivity contribution in [1.29, 1.82) is 0 Å². The first-order chi connectivity index (χ1) is 11.2. The molecule has 0 fully saturated rings. The maximum atomic E-state index is 11.3. The molecule has 3 heterocycles. The van der Waals surface area contributed by atoms with Crippen molar-refractivity contribution in [2.45, 2.75) is 26.8 Å². The third-order valence-electron chi connectivity index (χ3n) is 4.85. The van der Waals surface area contributed by atoms with Gasteiger partial charge in [-0.3, -0.25) is 4.79 Å². The summed E-state index contributed by atoms with van der Waals surface area (Å²) < 4.78 is 0. The minimum absolute atomic E-state index is 0.494. The Kier molecular flexibility index (Phi) is 3.18. The van der Waals surface area contributed by atoms with Gasteiger partial charge in [0.2, 0.25) is 0 Å². The summed E-state index contributed by atoms with van der Waals surface area (Å²) in [6.07, 6.45) is 1.84. The van der Waals surface area contributed by atoms with Gasteiger partial charge in [-0.1, -0.05) is 24.3 Å². The maximum Gasteiger partial charge on any atom is 0.168 e. The van der Waals surface area contributed by atoms with Crippen molar-refractivity contribution in [1.82, 2.24) is 9.97 Å². The molecule has 2 aromatic heterocycles. The zero-order chi connectivity index (χ0) is 16.0. The van der Waals surface area contributed by atoms with Gasteiger partial charge in [0.15, 0.2) is 12.1 Å². The highest BCUT2D eigenvalue weighted by Gasteiger charge is 2.21. The molecule has 116 valence electrons. The van der Waals surface area contributed by atoms with Crippen LogP contribution in [-0.4, -0.2) is 22.8 Å². The van der Waals surface area contributed by atoms with Crippen molar-refractivity contribution in [2.75, 3.05) is 11.4 Å². The van der Waals surface area contributed by atoms with E-state index < -0.39 is 0 Å². The Morgan fingerprint density at radius 1 is 1.22 bits per heavy atom. The average Bonchev–Trinajstić information content (AvgIpc) is 2.88. The summed E-state index contributed by atoms with van der Waals surface area (Å²) in [4.78, 5) is 21.6. The molecule has 23 heavy (non-hydrogen) atoms. The molecule has 0 radical (unpaired) electrons. The van der Waals surface area contributed by atoms with Gasteiger partial charge in [-0.2, -0.15) is 0 Å². The van der Waals surface area contributed by atoms with Crippen LogP contribution in [0.15, 0.2) is 30.3 Å². The first kappa shape index (κ1) is 14.0. The summed E-state index contributed by atoms with van der Waals surface area (Å²) in [5, 5.41) is 1.09. The Bertz CT molecular complexity index is 910. The molecular weight excluding hydrogens is 286 g/mol. The third-order valence-corrected chi connectivity index (χ3v) is 4.85. The third kappa shape index (κ3) is 2.22. The Balaban J connectivity index is 1.86. The first-order valence-corrected chi connectivity index (χ1v) is 7.94. The van der Waals surface area contributed by atoms with E-state index in [-0.39, 0.29) is 0 Å². The molecule has 0 unspecified atom stereocenters. The Morgan fingerprint density at radius 3 is 2.78 bits per heavy atom. The fourth-order valence-corrected chi connectivity index (χ4v) is 3.42. The van der Waals surface area contributed by atoms with Crippen molar-refractivity contribution in [2.24, 2.45) is 0 Å². The highest BCUT2D eigenvalue weighted by Crippen LogP contribution is 2.32. The van der Waals surface area contributed by atoms with Gasteiger partial charge in [0.25, 0.3) is 0 Å². The number of fused-ring (bicyclic) bond motifs is 2. The second-order valence-corrected chi connectivity index (χ2v) is 6.23. The van der Waals surface area contributed by atoms with Crippen LogP contribution in [-0.2, 0) is 13.0 Å². The van der Waals surface area contributed by atoms with Gasteiger partial charge >= 0.3 is 0 Å². The number of pyridine rings is 1. The number of aromatic amines is 1. The molecule has 1 aromatic carbocycles. The topological polar surface area (TPSA) is 49.0 Å². The van der Waals surface area contributed by atoms with Crippen molar-refractivity contribution in [3.05, 3.63) is 58.4 Å². The van der Waals surface area contributed by atoms with Crippen LogP contribution in [0.4, 0.5) is 5.82 Å². The molecule has 0 bridgehead atoms. The van der Waals surface area contributed by atoms with E-state index in [1.165, 1.54) is 16.7 Å². The molecule has 0 amide bonds. The number of aldehydes is 1. The van der Waals surface area contributed by atoms with E-state index in [0.29, 0.717) is 5.69 Å². The molecule has 0 atom stereocenters. The summed E-state index contributed by atoms with van der Waals surface area (Å²) >= 11 is 0. The summed E-state index contributed by atoms with van der Waals surface area (Å²) in [5.74, 6) is 0.885. The van der Waals surface area contributed by atoms with Gasteiger partial charge in [-0.25, -0.2) is 4.98 Å². The average molecular weight is 305 g/mol. The predicted octanol–water partition coefficient (Wildman–Crippen LogP) is 3.55. The first-order valence-electron chi connectivity index (χ1n) is 7.94. The maximum absolute atomic E-state index is 11.3. The minimum atomic E-state index is 0.494. The summed E-state index contributed by atoms with van der Waals surface area (Å²) in [6.45, 7) is 5.89. The molecule has 0 aliphatic carbocycles. The smallest absolute Gasteiger partial charge is 0.168 e. The molecule has 0 saturated heterocycles. The number of H-pyrrole nitrogens is 1. The number of aromatic nitrogens is 2. The molecular formula is C19H19N3O. The van der Waals surface area contributed by atoms with Crippen LogP contribution in [0.2, 0.25) is 0 Å². The number of rotatable bonds is 2.